The van der Waals surface area contributed by atoms with Crippen LogP contribution in [0.15, 0.2) is 77.7 Å². The molecular formula is C29H27F3N4O6S. The van der Waals surface area contributed by atoms with Gasteiger partial charge in [0, 0.05) is 23.4 Å². The molecule has 14 heteroatoms. The predicted octanol–water partition coefficient (Wildman–Crippen LogP) is 4.44. The Morgan fingerprint density at radius 1 is 0.977 bits per heavy atom. The summed E-state index contributed by atoms with van der Waals surface area (Å²) in [5, 5.41) is 9.01. The topological polar surface area (TPSA) is 168 Å². The summed E-state index contributed by atoms with van der Waals surface area (Å²) in [7, 11) is -2.72. The lowest BCUT2D eigenvalue weighted by Crippen LogP contribution is -2.32. The highest BCUT2D eigenvalue weighted by Gasteiger charge is 2.45. The molecular weight excluding hydrogens is 589 g/mol. The van der Waals surface area contributed by atoms with Gasteiger partial charge in [-0.1, -0.05) is 48.5 Å². The van der Waals surface area contributed by atoms with E-state index in [9.17, 15) is 26.4 Å². The highest BCUT2D eigenvalue weighted by atomic mass is 32.2. The van der Waals surface area contributed by atoms with Crippen molar-refractivity contribution in [1.82, 2.24) is 9.97 Å². The van der Waals surface area contributed by atoms with Gasteiger partial charge in [-0.2, -0.15) is 18.2 Å². The van der Waals surface area contributed by atoms with Crippen molar-refractivity contribution in [3.63, 3.8) is 0 Å². The van der Waals surface area contributed by atoms with Gasteiger partial charge in [0.05, 0.1) is 17.7 Å². The van der Waals surface area contributed by atoms with E-state index in [-0.39, 0.29) is 18.1 Å². The van der Waals surface area contributed by atoms with Crippen molar-refractivity contribution in [2.75, 3.05) is 19.1 Å². The minimum absolute atomic E-state index is 0.0580. The van der Waals surface area contributed by atoms with E-state index in [1.165, 1.54) is 13.2 Å². The Morgan fingerprint density at radius 2 is 1.63 bits per heavy atom. The third-order valence-corrected chi connectivity index (χ3v) is 7.53. The fourth-order valence-corrected chi connectivity index (χ4v) is 5.23. The maximum Gasteiger partial charge on any atom is 0.429 e. The van der Waals surface area contributed by atoms with Crippen molar-refractivity contribution in [3.05, 3.63) is 83.9 Å². The summed E-state index contributed by atoms with van der Waals surface area (Å²) in [4.78, 5) is 18.3. The molecule has 0 radical (unpaired) electrons. The van der Waals surface area contributed by atoms with E-state index in [1.54, 1.807) is 48.5 Å². The Bertz CT molecular complexity index is 1750. The number of methoxy groups -OCH3 is 1. The molecule has 0 amide bonds. The molecule has 0 saturated carbocycles. The van der Waals surface area contributed by atoms with E-state index in [0.29, 0.717) is 28.0 Å². The average molecular weight is 617 g/mol. The number of carboxylic acids is 1. The van der Waals surface area contributed by atoms with Crippen LogP contribution in [0.1, 0.15) is 17.2 Å². The van der Waals surface area contributed by atoms with Crippen molar-refractivity contribution in [2.24, 2.45) is 5.73 Å². The lowest BCUT2D eigenvalue weighted by Gasteiger charge is -2.24. The number of nitrogens with two attached hydrogens (primary N) is 2. The molecule has 226 valence electrons. The van der Waals surface area contributed by atoms with Crippen LogP contribution in [0.3, 0.4) is 0 Å². The van der Waals surface area contributed by atoms with E-state index in [2.05, 4.69) is 9.97 Å². The van der Waals surface area contributed by atoms with Crippen LogP contribution in [0.25, 0.3) is 22.4 Å². The number of ether oxygens (including phenoxy) is 2. The van der Waals surface area contributed by atoms with Crippen LogP contribution < -0.4 is 20.9 Å². The molecule has 0 spiro atoms. The second-order valence-corrected chi connectivity index (χ2v) is 11.6. The number of aromatic nitrogens is 2. The summed E-state index contributed by atoms with van der Waals surface area (Å²) in [6.07, 6.45) is -6.91. The number of halogens is 3. The van der Waals surface area contributed by atoms with E-state index < -0.39 is 50.5 Å². The zero-order valence-electron chi connectivity index (χ0n) is 22.9. The first-order chi connectivity index (χ1) is 20.2. The van der Waals surface area contributed by atoms with Gasteiger partial charge in [0.2, 0.25) is 17.9 Å². The third kappa shape index (κ3) is 7.59. The summed E-state index contributed by atoms with van der Waals surface area (Å²) >= 11 is 0. The lowest BCUT2D eigenvalue weighted by atomic mass is 10.0. The number of nitrogen functional groups attached to an aromatic ring is 1. The largest absolute Gasteiger partial charge is 0.497 e. The monoisotopic (exact) mass is 616 g/mol. The number of anilines is 1. The number of nitrogens with zero attached hydrogens (tertiary/aromatic N) is 2. The number of carboxylic acid groups (broad SMARTS) is 1. The van der Waals surface area contributed by atoms with Gasteiger partial charge in [-0.15, -0.1) is 0 Å². The molecule has 3 aromatic carbocycles. The van der Waals surface area contributed by atoms with Gasteiger partial charge in [-0.05, 0) is 41.3 Å². The smallest absolute Gasteiger partial charge is 0.429 e. The molecule has 0 aliphatic rings. The first kappa shape index (κ1) is 31.3. The molecule has 0 aliphatic heterocycles. The number of hydrogen-bond acceptors (Lipinski definition) is 9. The van der Waals surface area contributed by atoms with Gasteiger partial charge in [-0.25, -0.2) is 13.4 Å². The highest BCUT2D eigenvalue weighted by Crippen LogP contribution is 2.41. The fraction of sp³-hybridized carbons (Fsp3) is 0.207. The molecule has 2 atom stereocenters. The number of rotatable bonds is 10. The molecule has 1 unspecified atom stereocenters. The van der Waals surface area contributed by atoms with Crippen LogP contribution in [0.5, 0.6) is 11.6 Å². The predicted molar refractivity (Wildman–Crippen MR) is 152 cm³/mol. The van der Waals surface area contributed by atoms with Crippen LogP contribution in [0.4, 0.5) is 19.1 Å². The molecule has 43 heavy (non-hydrogen) atoms. The SMILES string of the molecule is COc1cccc(-c2ccc(C(Oc3cc(-c4ccc(C[C@H](N)C(=O)O)cc4)nc(N)n3)C(F)(F)F)c(S(C)(=O)=O)c2)c1. The van der Waals surface area contributed by atoms with Crippen molar-refractivity contribution < 1.29 is 41.0 Å². The molecule has 0 aliphatic carbocycles. The second-order valence-electron chi connectivity index (χ2n) is 9.59. The van der Waals surface area contributed by atoms with Crippen LogP contribution in [-0.2, 0) is 21.1 Å². The van der Waals surface area contributed by atoms with Crippen LogP contribution in [-0.4, -0.2) is 55.0 Å². The molecule has 0 fully saturated rings. The summed E-state index contributed by atoms with van der Waals surface area (Å²) in [6, 6.07) is 16.5. The normalized spacial score (nSPS) is 13.3. The second kappa shape index (κ2) is 12.3. The van der Waals surface area contributed by atoms with E-state index in [1.807, 2.05) is 0 Å². The van der Waals surface area contributed by atoms with Gasteiger partial charge < -0.3 is 26.0 Å². The van der Waals surface area contributed by atoms with Gasteiger partial charge in [0.15, 0.2) is 9.84 Å². The first-order valence-electron chi connectivity index (χ1n) is 12.6. The van der Waals surface area contributed by atoms with Crippen molar-refractivity contribution in [2.45, 2.75) is 29.6 Å². The standard InChI is InChI=1S/C29H27F3N4O6S/c1-41-20-5-3-4-18(13-20)19-10-11-21(24(14-19)43(2,39)40)26(29(30,31)32)42-25-15-23(35-28(34)36-25)17-8-6-16(7-9-17)12-22(33)27(37)38/h3-11,13-15,22,26H,12,33H2,1-2H3,(H,37,38)(H2,34,35,36)/t22-,26?/m0/s1. The van der Waals surface area contributed by atoms with Crippen LogP contribution >= 0.6 is 0 Å². The molecule has 4 rings (SSSR count). The molecule has 10 nitrogen and oxygen atoms in total. The number of sulfone groups is 1. The van der Waals surface area contributed by atoms with Gasteiger partial charge >= 0.3 is 12.1 Å². The Morgan fingerprint density at radius 3 is 2.23 bits per heavy atom. The molecule has 4 aromatic rings. The summed E-state index contributed by atoms with van der Waals surface area (Å²) in [5.41, 5.74) is 12.8. The number of carbonyl (C=O) groups is 1. The Hall–Kier alpha value is -4.69. The summed E-state index contributed by atoms with van der Waals surface area (Å²) in [6.45, 7) is 0. The fourth-order valence-electron chi connectivity index (χ4n) is 4.29. The number of hydrogen-bond donors (Lipinski definition) is 3. The zero-order valence-corrected chi connectivity index (χ0v) is 23.7. The minimum atomic E-state index is -5.05. The maximum atomic E-state index is 14.4. The molecule has 1 heterocycles. The maximum absolute atomic E-state index is 14.4. The first-order valence-corrected chi connectivity index (χ1v) is 14.5. The van der Waals surface area contributed by atoms with Crippen LogP contribution in [0, 0.1) is 0 Å². The molecule has 0 saturated heterocycles. The van der Waals surface area contributed by atoms with E-state index in [0.717, 1.165) is 24.5 Å². The Balaban J connectivity index is 1.72. The quantitative estimate of drug-likeness (QED) is 0.232. The summed E-state index contributed by atoms with van der Waals surface area (Å²) in [5.74, 6) is -1.61. The molecule has 0 bridgehead atoms. The number of aliphatic carboxylic acids is 1. The van der Waals surface area contributed by atoms with Gasteiger partial charge in [0.25, 0.3) is 0 Å². The zero-order chi connectivity index (χ0) is 31.5. The highest BCUT2D eigenvalue weighted by molar-refractivity contribution is 7.90. The van der Waals surface area contributed by atoms with E-state index in [4.69, 9.17) is 26.0 Å². The molecule has 5 N–H and O–H groups in total. The van der Waals surface area contributed by atoms with Crippen molar-refractivity contribution in [3.8, 4) is 34.0 Å². The summed E-state index contributed by atoms with van der Waals surface area (Å²) < 4.78 is 79.3. The van der Waals surface area contributed by atoms with Crippen LogP contribution in [0.2, 0.25) is 0 Å². The van der Waals surface area contributed by atoms with Gasteiger partial charge in [0.1, 0.15) is 11.8 Å². The molecule has 1 aromatic heterocycles. The number of alkyl halides is 3. The average Bonchev–Trinajstić information content (AvgIpc) is 2.94. The minimum Gasteiger partial charge on any atom is -0.497 e. The van der Waals surface area contributed by atoms with Crippen molar-refractivity contribution >= 4 is 21.8 Å². The van der Waals surface area contributed by atoms with E-state index >= 15 is 0 Å². The lowest BCUT2D eigenvalue weighted by molar-refractivity contribution is -0.199. The van der Waals surface area contributed by atoms with Crippen molar-refractivity contribution in [1.29, 1.82) is 0 Å². The van der Waals surface area contributed by atoms with Gasteiger partial charge in [-0.3, -0.25) is 4.79 Å². The Kier molecular flexibility index (Phi) is 8.92. The third-order valence-electron chi connectivity index (χ3n) is 6.38. The Labute approximate surface area is 245 Å². The number of benzene rings is 3.